The van der Waals surface area contributed by atoms with Crippen LogP contribution in [0.1, 0.15) is 22.0 Å². The second-order valence-corrected chi connectivity index (χ2v) is 6.91. The number of hydrogen-bond acceptors (Lipinski definition) is 3. The van der Waals surface area contributed by atoms with Crippen molar-refractivity contribution in [3.8, 4) is 0 Å². The SMILES string of the molecule is Cl.Cl.Fc1c(Cl)ccc(C(F)(F)F)c1[C@@H](c1cccs1)N1CCNCC1. The summed E-state index contributed by atoms with van der Waals surface area (Å²) in [7, 11) is 0. The lowest BCUT2D eigenvalue weighted by Gasteiger charge is -2.36. The minimum atomic E-state index is -4.65. The fourth-order valence-corrected chi connectivity index (χ4v) is 4.00. The Morgan fingerprint density at radius 3 is 2.31 bits per heavy atom. The molecule has 0 unspecified atom stereocenters. The van der Waals surface area contributed by atoms with Crippen molar-refractivity contribution < 1.29 is 17.6 Å². The van der Waals surface area contributed by atoms with Crippen molar-refractivity contribution in [1.82, 2.24) is 10.2 Å². The van der Waals surface area contributed by atoms with Crippen LogP contribution in [0, 0.1) is 5.82 Å². The number of piperazine rings is 1. The van der Waals surface area contributed by atoms with Crippen molar-refractivity contribution in [1.29, 1.82) is 0 Å². The van der Waals surface area contributed by atoms with Crippen molar-refractivity contribution in [2.75, 3.05) is 26.2 Å². The zero-order valence-electron chi connectivity index (χ0n) is 13.4. The lowest BCUT2D eigenvalue weighted by atomic mass is 9.96. The van der Waals surface area contributed by atoms with E-state index in [1.807, 2.05) is 4.90 Å². The average molecular weight is 452 g/mol. The predicted octanol–water partition coefficient (Wildman–Crippen LogP) is 5.40. The first-order chi connectivity index (χ1) is 11.4. The second-order valence-electron chi connectivity index (χ2n) is 5.52. The van der Waals surface area contributed by atoms with Crippen LogP contribution in [0.3, 0.4) is 0 Å². The molecule has 2 nitrogen and oxygen atoms in total. The van der Waals surface area contributed by atoms with Gasteiger partial charge in [-0.2, -0.15) is 13.2 Å². The molecule has 1 aliphatic rings. The first kappa shape index (κ1) is 23.5. The molecule has 2 heterocycles. The summed E-state index contributed by atoms with van der Waals surface area (Å²) in [6.07, 6.45) is -4.65. The number of nitrogens with one attached hydrogen (secondary N) is 1. The average Bonchev–Trinajstić information content (AvgIpc) is 3.06. The van der Waals surface area contributed by atoms with Crippen LogP contribution in [0.5, 0.6) is 0 Å². The van der Waals surface area contributed by atoms with Crippen molar-refractivity contribution in [3.05, 3.63) is 56.5 Å². The summed E-state index contributed by atoms with van der Waals surface area (Å²) in [6.45, 7) is 2.36. The summed E-state index contributed by atoms with van der Waals surface area (Å²) in [4.78, 5) is 2.54. The van der Waals surface area contributed by atoms with Gasteiger partial charge in [0.2, 0.25) is 0 Å². The molecule has 146 valence electrons. The highest BCUT2D eigenvalue weighted by atomic mass is 35.5. The van der Waals surface area contributed by atoms with Gasteiger partial charge >= 0.3 is 6.18 Å². The molecule has 0 bridgehead atoms. The summed E-state index contributed by atoms with van der Waals surface area (Å²) in [5.74, 6) is -0.997. The van der Waals surface area contributed by atoms with Crippen LogP contribution in [0.4, 0.5) is 17.6 Å². The van der Waals surface area contributed by atoms with E-state index >= 15 is 0 Å². The largest absolute Gasteiger partial charge is 0.416 e. The minimum Gasteiger partial charge on any atom is -0.314 e. The van der Waals surface area contributed by atoms with E-state index in [0.29, 0.717) is 31.1 Å². The van der Waals surface area contributed by atoms with Crippen LogP contribution in [0.15, 0.2) is 29.6 Å². The Labute approximate surface area is 170 Å². The third-order valence-electron chi connectivity index (χ3n) is 4.04. The molecular formula is C16H17Cl3F4N2S. The van der Waals surface area contributed by atoms with Gasteiger partial charge in [0, 0.05) is 36.6 Å². The maximum absolute atomic E-state index is 14.7. The van der Waals surface area contributed by atoms with E-state index in [0.717, 1.165) is 12.1 Å². The third-order valence-corrected chi connectivity index (χ3v) is 5.26. The van der Waals surface area contributed by atoms with E-state index in [1.165, 1.54) is 11.3 Å². The fraction of sp³-hybridized carbons (Fsp3) is 0.375. The van der Waals surface area contributed by atoms with Gasteiger partial charge in [0.15, 0.2) is 0 Å². The smallest absolute Gasteiger partial charge is 0.314 e. The lowest BCUT2D eigenvalue weighted by Crippen LogP contribution is -2.45. The van der Waals surface area contributed by atoms with E-state index in [2.05, 4.69) is 5.32 Å². The van der Waals surface area contributed by atoms with Crippen LogP contribution in [0.2, 0.25) is 5.02 Å². The molecule has 1 aliphatic heterocycles. The standard InChI is InChI=1S/C16H15ClF4N2S.2ClH/c17-11-4-3-10(16(19,20)21)13(14(11)18)15(12-2-1-9-24-12)23-7-5-22-6-8-23;;/h1-4,9,15,22H,5-8H2;2*1H/t15-;;/m1../s1. The second kappa shape index (κ2) is 9.57. The van der Waals surface area contributed by atoms with Gasteiger partial charge in [0.1, 0.15) is 5.82 Å². The Morgan fingerprint density at radius 2 is 1.77 bits per heavy atom. The number of hydrogen-bond donors (Lipinski definition) is 1. The number of rotatable bonds is 3. The zero-order valence-corrected chi connectivity index (χ0v) is 16.6. The van der Waals surface area contributed by atoms with E-state index in [4.69, 9.17) is 11.6 Å². The van der Waals surface area contributed by atoms with Crippen LogP contribution < -0.4 is 5.32 Å². The summed E-state index contributed by atoms with van der Waals surface area (Å²) in [5, 5.41) is 4.64. The molecule has 0 aliphatic carbocycles. The summed E-state index contributed by atoms with van der Waals surface area (Å²) < 4.78 is 55.2. The van der Waals surface area contributed by atoms with Gasteiger partial charge in [-0.05, 0) is 23.6 Å². The maximum Gasteiger partial charge on any atom is 0.416 e. The number of thiophene rings is 1. The van der Waals surface area contributed by atoms with Crippen LogP contribution in [-0.2, 0) is 6.18 Å². The summed E-state index contributed by atoms with van der Waals surface area (Å²) in [5.41, 5.74) is -1.36. The van der Waals surface area contributed by atoms with Crippen LogP contribution in [0.25, 0.3) is 0 Å². The molecule has 1 aromatic heterocycles. The normalized spacial score (nSPS) is 16.5. The summed E-state index contributed by atoms with van der Waals surface area (Å²) >= 11 is 7.12. The predicted molar refractivity (Wildman–Crippen MR) is 102 cm³/mol. The van der Waals surface area contributed by atoms with Crippen LogP contribution in [-0.4, -0.2) is 31.1 Å². The van der Waals surface area contributed by atoms with E-state index in [-0.39, 0.29) is 35.4 Å². The van der Waals surface area contributed by atoms with Crippen molar-refractivity contribution in [3.63, 3.8) is 0 Å². The van der Waals surface area contributed by atoms with E-state index in [1.54, 1.807) is 17.5 Å². The molecule has 1 fully saturated rings. The lowest BCUT2D eigenvalue weighted by molar-refractivity contribution is -0.138. The highest BCUT2D eigenvalue weighted by molar-refractivity contribution is 7.10. The Kier molecular flexibility index (Phi) is 8.64. The fourth-order valence-electron chi connectivity index (χ4n) is 2.97. The Hall–Kier alpha value is -0.570. The van der Waals surface area contributed by atoms with Gasteiger partial charge in [-0.15, -0.1) is 36.2 Å². The van der Waals surface area contributed by atoms with Crippen molar-refractivity contribution in [2.45, 2.75) is 12.2 Å². The van der Waals surface area contributed by atoms with Crippen molar-refractivity contribution in [2.24, 2.45) is 0 Å². The number of halogens is 7. The summed E-state index contributed by atoms with van der Waals surface area (Å²) in [6, 6.07) is 4.51. The van der Waals surface area contributed by atoms with Gasteiger partial charge in [0.05, 0.1) is 16.6 Å². The molecule has 10 heteroatoms. The van der Waals surface area contributed by atoms with E-state index < -0.39 is 23.6 Å². The Morgan fingerprint density at radius 1 is 1.12 bits per heavy atom. The first-order valence-corrected chi connectivity index (χ1v) is 8.68. The number of alkyl halides is 3. The molecule has 0 radical (unpaired) electrons. The third kappa shape index (κ3) is 4.82. The van der Waals surface area contributed by atoms with Gasteiger partial charge in [-0.1, -0.05) is 17.7 Å². The van der Waals surface area contributed by atoms with Gasteiger partial charge < -0.3 is 5.32 Å². The van der Waals surface area contributed by atoms with Crippen LogP contribution >= 0.6 is 47.8 Å². The molecular weight excluding hydrogens is 435 g/mol. The molecule has 26 heavy (non-hydrogen) atoms. The highest BCUT2D eigenvalue weighted by Crippen LogP contribution is 2.43. The first-order valence-electron chi connectivity index (χ1n) is 7.43. The molecule has 2 aromatic rings. The van der Waals surface area contributed by atoms with Gasteiger partial charge in [-0.25, -0.2) is 4.39 Å². The van der Waals surface area contributed by atoms with E-state index in [9.17, 15) is 17.6 Å². The topological polar surface area (TPSA) is 15.3 Å². The Bertz CT molecular complexity index is 704. The molecule has 0 saturated carbocycles. The minimum absolute atomic E-state index is 0. The molecule has 0 amide bonds. The molecule has 1 aromatic carbocycles. The maximum atomic E-state index is 14.7. The van der Waals surface area contributed by atoms with Crippen molar-refractivity contribution >= 4 is 47.8 Å². The number of benzene rings is 1. The quantitative estimate of drug-likeness (QED) is 0.629. The molecule has 1 saturated heterocycles. The molecule has 3 rings (SSSR count). The molecule has 0 spiro atoms. The number of nitrogens with zero attached hydrogens (tertiary/aromatic N) is 1. The molecule has 1 N–H and O–H groups in total. The highest BCUT2D eigenvalue weighted by Gasteiger charge is 2.40. The monoisotopic (exact) mass is 450 g/mol. The zero-order chi connectivity index (χ0) is 17.3. The Balaban J connectivity index is 0.00000169. The van der Waals surface area contributed by atoms with Gasteiger partial charge in [0.25, 0.3) is 0 Å². The van der Waals surface area contributed by atoms with Gasteiger partial charge in [-0.3, -0.25) is 4.90 Å². The molecule has 1 atom stereocenters.